The first kappa shape index (κ1) is 12.8. The van der Waals surface area contributed by atoms with Gasteiger partial charge < -0.3 is 10.2 Å². The van der Waals surface area contributed by atoms with E-state index in [0.717, 1.165) is 19.5 Å². The number of halogens is 1. The monoisotopic (exact) mass is 253 g/mol. The predicted molar refractivity (Wildman–Crippen MR) is 67.3 cm³/mol. The number of rotatable bonds is 4. The van der Waals surface area contributed by atoms with Crippen molar-refractivity contribution in [3.8, 4) is 0 Å². The van der Waals surface area contributed by atoms with Crippen LogP contribution in [0.3, 0.4) is 0 Å². The van der Waals surface area contributed by atoms with E-state index >= 15 is 0 Å². The van der Waals surface area contributed by atoms with E-state index in [-0.39, 0.29) is 17.4 Å². The molecule has 1 aromatic carbocycles. The lowest BCUT2D eigenvalue weighted by molar-refractivity contribution is -0.384. The lowest BCUT2D eigenvalue weighted by Gasteiger charge is -2.29. The molecule has 1 saturated heterocycles. The molecular formula is C12H16FN3O2. The fourth-order valence-corrected chi connectivity index (χ4v) is 2.44. The Kier molecular flexibility index (Phi) is 3.76. The summed E-state index contributed by atoms with van der Waals surface area (Å²) in [6.45, 7) is 4.03. The van der Waals surface area contributed by atoms with Gasteiger partial charge in [0.1, 0.15) is 0 Å². The van der Waals surface area contributed by atoms with Crippen molar-refractivity contribution in [1.82, 2.24) is 5.32 Å². The minimum absolute atomic E-state index is 0.110. The first-order valence-electron chi connectivity index (χ1n) is 6.05. The van der Waals surface area contributed by atoms with Gasteiger partial charge in [0.2, 0.25) is 0 Å². The zero-order valence-electron chi connectivity index (χ0n) is 10.2. The highest BCUT2D eigenvalue weighted by Crippen LogP contribution is 2.33. The van der Waals surface area contributed by atoms with E-state index in [4.69, 9.17) is 0 Å². The molecule has 1 heterocycles. The molecule has 0 bridgehead atoms. The summed E-state index contributed by atoms with van der Waals surface area (Å²) < 4.78 is 13.9. The van der Waals surface area contributed by atoms with Gasteiger partial charge in [-0.2, -0.15) is 0 Å². The predicted octanol–water partition coefficient (Wildman–Crippen LogP) is 1.92. The van der Waals surface area contributed by atoms with Gasteiger partial charge in [-0.1, -0.05) is 6.07 Å². The fraction of sp³-hybridized carbons (Fsp3) is 0.500. The summed E-state index contributed by atoms with van der Waals surface area (Å²) in [4.78, 5) is 12.3. The maximum Gasteiger partial charge on any atom is 0.295 e. The molecule has 18 heavy (non-hydrogen) atoms. The van der Waals surface area contributed by atoms with Gasteiger partial charge in [-0.15, -0.1) is 0 Å². The van der Waals surface area contributed by atoms with Gasteiger partial charge >= 0.3 is 0 Å². The lowest BCUT2D eigenvalue weighted by Crippen LogP contribution is -2.37. The third kappa shape index (κ3) is 2.28. The van der Waals surface area contributed by atoms with Crippen LogP contribution in [0.25, 0.3) is 0 Å². The molecule has 98 valence electrons. The highest BCUT2D eigenvalue weighted by Gasteiger charge is 2.29. The number of nitro benzene ring substituents is 1. The van der Waals surface area contributed by atoms with Crippen LogP contribution in [0.4, 0.5) is 15.8 Å². The van der Waals surface area contributed by atoms with Crippen LogP contribution < -0.4 is 10.2 Å². The minimum Gasteiger partial charge on any atom is -0.360 e. The number of nitrogens with one attached hydrogen (secondary N) is 1. The van der Waals surface area contributed by atoms with Crippen LogP contribution in [0.1, 0.15) is 13.3 Å². The maximum atomic E-state index is 13.9. The summed E-state index contributed by atoms with van der Waals surface area (Å²) in [7, 11) is 0. The van der Waals surface area contributed by atoms with Crippen LogP contribution in [-0.4, -0.2) is 30.6 Å². The smallest absolute Gasteiger partial charge is 0.295 e. The summed E-state index contributed by atoms with van der Waals surface area (Å²) in [5.41, 5.74) is -0.0533. The number of hydrogen-bond acceptors (Lipinski definition) is 4. The van der Waals surface area contributed by atoms with Gasteiger partial charge in [-0.25, -0.2) is 4.39 Å². The second kappa shape index (κ2) is 5.30. The molecule has 1 aliphatic rings. The molecule has 6 heteroatoms. The molecule has 0 radical (unpaired) electrons. The van der Waals surface area contributed by atoms with Gasteiger partial charge in [-0.3, -0.25) is 10.1 Å². The third-order valence-corrected chi connectivity index (χ3v) is 3.27. The number of anilines is 1. The first-order valence-corrected chi connectivity index (χ1v) is 6.05. The Morgan fingerprint density at radius 1 is 1.61 bits per heavy atom. The Morgan fingerprint density at radius 2 is 2.39 bits per heavy atom. The number of hydrogen-bond donors (Lipinski definition) is 1. The summed E-state index contributed by atoms with van der Waals surface area (Å²) in [5.74, 6) is -0.530. The maximum absolute atomic E-state index is 13.9. The van der Waals surface area contributed by atoms with Crippen molar-refractivity contribution in [2.24, 2.45) is 0 Å². The van der Waals surface area contributed by atoms with E-state index in [1.165, 1.54) is 18.2 Å². The van der Waals surface area contributed by atoms with Crippen LogP contribution in [0.15, 0.2) is 18.2 Å². The van der Waals surface area contributed by atoms with Crippen molar-refractivity contribution >= 4 is 11.4 Å². The standard InChI is InChI=1S/C12H16FN3O2/c1-2-15(9-6-7-14-8-9)12-10(13)4-3-5-11(12)16(17)18/h3-5,9,14H,2,6-8H2,1H3. The van der Waals surface area contributed by atoms with E-state index in [9.17, 15) is 14.5 Å². The Hall–Kier alpha value is -1.69. The molecule has 5 nitrogen and oxygen atoms in total. The zero-order valence-corrected chi connectivity index (χ0v) is 10.2. The van der Waals surface area contributed by atoms with Crippen LogP contribution in [0, 0.1) is 15.9 Å². The molecule has 0 aliphatic carbocycles. The second-order valence-corrected chi connectivity index (χ2v) is 4.30. The van der Waals surface area contributed by atoms with E-state index in [2.05, 4.69) is 5.32 Å². The molecule has 0 aromatic heterocycles. The van der Waals surface area contributed by atoms with Gasteiger partial charge in [0, 0.05) is 25.2 Å². The van der Waals surface area contributed by atoms with Crippen molar-refractivity contribution in [1.29, 1.82) is 0 Å². The normalized spacial score (nSPS) is 18.9. The van der Waals surface area contributed by atoms with Gasteiger partial charge in [0.05, 0.1) is 4.92 Å². The molecule has 0 saturated carbocycles. The Balaban J connectivity index is 2.43. The molecule has 1 N–H and O–H groups in total. The quantitative estimate of drug-likeness (QED) is 0.658. The van der Waals surface area contributed by atoms with E-state index in [0.29, 0.717) is 6.54 Å². The molecule has 1 atom stereocenters. The number of para-hydroxylation sites is 1. The molecule has 1 fully saturated rings. The average Bonchev–Trinajstić information content (AvgIpc) is 2.85. The Labute approximate surface area is 105 Å². The van der Waals surface area contributed by atoms with Crippen LogP contribution >= 0.6 is 0 Å². The highest BCUT2D eigenvalue weighted by atomic mass is 19.1. The van der Waals surface area contributed by atoms with Crippen LogP contribution in [0.5, 0.6) is 0 Å². The molecular weight excluding hydrogens is 237 g/mol. The van der Waals surface area contributed by atoms with E-state index < -0.39 is 10.7 Å². The number of nitrogens with zero attached hydrogens (tertiary/aromatic N) is 2. The summed E-state index contributed by atoms with van der Waals surface area (Å²) in [6, 6.07) is 4.11. The van der Waals surface area contributed by atoms with Gasteiger partial charge in [-0.05, 0) is 26.0 Å². The SMILES string of the molecule is CCN(c1c(F)cccc1[N+](=O)[O-])C1CCNC1. The van der Waals surface area contributed by atoms with Gasteiger partial charge in [0.15, 0.2) is 11.5 Å². The molecule has 0 spiro atoms. The molecule has 1 aliphatic heterocycles. The van der Waals surface area contributed by atoms with Crippen molar-refractivity contribution in [3.63, 3.8) is 0 Å². The minimum atomic E-state index is -0.530. The van der Waals surface area contributed by atoms with Crippen molar-refractivity contribution < 1.29 is 9.31 Å². The number of nitro groups is 1. The summed E-state index contributed by atoms with van der Waals surface area (Å²) >= 11 is 0. The molecule has 1 unspecified atom stereocenters. The van der Waals surface area contributed by atoms with Gasteiger partial charge in [0.25, 0.3) is 5.69 Å². The Morgan fingerprint density at radius 3 is 2.94 bits per heavy atom. The molecule has 1 aromatic rings. The Bertz CT molecular complexity index is 447. The van der Waals surface area contributed by atoms with E-state index in [1.54, 1.807) is 4.90 Å². The number of benzene rings is 1. The molecule has 2 rings (SSSR count). The second-order valence-electron chi connectivity index (χ2n) is 4.30. The lowest BCUT2D eigenvalue weighted by atomic mass is 10.1. The van der Waals surface area contributed by atoms with E-state index in [1.807, 2.05) is 6.92 Å². The number of likely N-dealkylation sites (N-methyl/N-ethyl adjacent to an activating group) is 1. The molecule has 0 amide bonds. The van der Waals surface area contributed by atoms with Crippen molar-refractivity contribution in [3.05, 3.63) is 34.1 Å². The van der Waals surface area contributed by atoms with Crippen molar-refractivity contribution in [2.45, 2.75) is 19.4 Å². The summed E-state index contributed by atoms with van der Waals surface area (Å²) in [5, 5.41) is 14.2. The average molecular weight is 253 g/mol. The highest BCUT2D eigenvalue weighted by molar-refractivity contribution is 5.64. The van der Waals surface area contributed by atoms with Crippen molar-refractivity contribution in [2.75, 3.05) is 24.5 Å². The largest absolute Gasteiger partial charge is 0.360 e. The first-order chi connectivity index (χ1) is 8.65. The summed E-state index contributed by atoms with van der Waals surface area (Å²) in [6.07, 6.45) is 0.874. The fourth-order valence-electron chi connectivity index (χ4n) is 2.44. The van der Waals surface area contributed by atoms with Crippen LogP contribution in [-0.2, 0) is 0 Å². The van der Waals surface area contributed by atoms with Crippen LogP contribution in [0.2, 0.25) is 0 Å². The topological polar surface area (TPSA) is 58.4 Å². The zero-order chi connectivity index (χ0) is 13.1. The third-order valence-electron chi connectivity index (χ3n) is 3.27.